The van der Waals surface area contributed by atoms with E-state index in [9.17, 15) is 9.18 Å². The highest BCUT2D eigenvalue weighted by Gasteiger charge is 2.16. The van der Waals surface area contributed by atoms with E-state index in [0.717, 1.165) is 25.9 Å². The average Bonchev–Trinajstić information content (AvgIpc) is 3.03. The third-order valence-corrected chi connectivity index (χ3v) is 3.92. The molecule has 2 aromatic rings. The van der Waals surface area contributed by atoms with Crippen LogP contribution in [0.4, 0.5) is 4.39 Å². The number of rotatable bonds is 5. The molecule has 0 bridgehead atoms. The predicted octanol–water partition coefficient (Wildman–Crippen LogP) is 3.13. The van der Waals surface area contributed by atoms with Gasteiger partial charge in [-0.05, 0) is 31.5 Å². The topological polar surface area (TPSA) is 67.2 Å². The zero-order valence-corrected chi connectivity index (χ0v) is 15.3. The molecule has 1 saturated heterocycles. The van der Waals surface area contributed by atoms with Gasteiger partial charge in [0, 0.05) is 25.4 Å². The minimum Gasteiger partial charge on any atom is -0.441 e. The Hall–Kier alpha value is -1.63. The van der Waals surface area contributed by atoms with Gasteiger partial charge in [-0.2, -0.15) is 0 Å². The average molecular weight is 390 g/mol. The lowest BCUT2D eigenvalue weighted by atomic mass is 10.1. The van der Waals surface area contributed by atoms with Crippen LogP contribution < -0.4 is 10.6 Å². The van der Waals surface area contributed by atoms with Crippen molar-refractivity contribution >= 4 is 30.7 Å². The van der Waals surface area contributed by atoms with E-state index >= 15 is 0 Å². The smallest absolute Gasteiger partial charge is 0.220 e. The van der Waals surface area contributed by atoms with Crippen LogP contribution in [-0.4, -0.2) is 30.0 Å². The lowest BCUT2D eigenvalue weighted by Crippen LogP contribution is -2.45. The van der Waals surface area contributed by atoms with Crippen LogP contribution in [0.5, 0.6) is 0 Å². The molecule has 2 heterocycles. The third-order valence-electron chi connectivity index (χ3n) is 3.92. The number of aromatic nitrogens is 1. The van der Waals surface area contributed by atoms with E-state index in [1.54, 1.807) is 18.2 Å². The molecule has 0 radical (unpaired) electrons. The Morgan fingerprint density at radius 3 is 2.88 bits per heavy atom. The first-order chi connectivity index (χ1) is 11.2. The molecule has 138 valence electrons. The zero-order valence-electron chi connectivity index (χ0n) is 13.7. The predicted molar refractivity (Wildman–Crippen MR) is 98.7 cm³/mol. The third kappa shape index (κ3) is 5.99. The first-order valence-electron chi connectivity index (χ1n) is 7.92. The molecule has 2 N–H and O–H groups in total. The quantitative estimate of drug-likeness (QED) is 0.824. The number of hydrogen-bond acceptors (Lipinski definition) is 4. The van der Waals surface area contributed by atoms with Crippen LogP contribution in [0.15, 0.2) is 34.9 Å². The van der Waals surface area contributed by atoms with Crippen molar-refractivity contribution in [2.75, 3.05) is 13.1 Å². The first-order valence-corrected chi connectivity index (χ1v) is 7.92. The Morgan fingerprint density at radius 2 is 2.16 bits per heavy atom. The van der Waals surface area contributed by atoms with E-state index in [2.05, 4.69) is 15.6 Å². The summed E-state index contributed by atoms with van der Waals surface area (Å²) in [4.78, 5) is 16.1. The molecular weight excluding hydrogens is 368 g/mol. The van der Waals surface area contributed by atoms with Gasteiger partial charge in [0.25, 0.3) is 0 Å². The molecule has 1 aromatic carbocycles. The fourth-order valence-corrected chi connectivity index (χ4v) is 2.71. The van der Waals surface area contributed by atoms with Crippen LogP contribution in [0.25, 0.3) is 11.3 Å². The van der Waals surface area contributed by atoms with Gasteiger partial charge in [-0.15, -0.1) is 24.8 Å². The molecule has 0 spiro atoms. The molecule has 1 unspecified atom stereocenters. The highest BCUT2D eigenvalue weighted by Crippen LogP contribution is 2.23. The molecule has 0 saturated carbocycles. The number of aryl methyl sites for hydroxylation is 1. The number of amides is 1. The van der Waals surface area contributed by atoms with E-state index < -0.39 is 0 Å². The molecule has 1 atom stereocenters. The highest BCUT2D eigenvalue weighted by atomic mass is 35.5. The molecule has 25 heavy (non-hydrogen) atoms. The second kappa shape index (κ2) is 10.4. The summed E-state index contributed by atoms with van der Waals surface area (Å²) in [6.45, 7) is 1.84. The van der Waals surface area contributed by atoms with Crippen molar-refractivity contribution in [1.29, 1.82) is 0 Å². The molecule has 1 aromatic heterocycles. The SMILES string of the molecule is Cl.Cl.O=C(CCc1ncc(-c2ccccc2F)o1)NC1CCCNC1. The second-order valence-corrected chi connectivity index (χ2v) is 5.71. The maximum Gasteiger partial charge on any atom is 0.220 e. The van der Waals surface area contributed by atoms with Crippen molar-refractivity contribution < 1.29 is 13.6 Å². The van der Waals surface area contributed by atoms with Gasteiger partial charge < -0.3 is 15.1 Å². The molecule has 1 aliphatic rings. The van der Waals surface area contributed by atoms with E-state index in [-0.39, 0.29) is 42.6 Å². The van der Waals surface area contributed by atoms with Gasteiger partial charge in [0.15, 0.2) is 11.7 Å². The number of benzene rings is 1. The van der Waals surface area contributed by atoms with Crippen LogP contribution in [-0.2, 0) is 11.2 Å². The molecular formula is C17H22Cl2FN3O2. The Balaban J connectivity index is 0.00000156. The van der Waals surface area contributed by atoms with Crippen molar-refractivity contribution in [3.8, 4) is 11.3 Å². The highest BCUT2D eigenvalue weighted by molar-refractivity contribution is 5.85. The van der Waals surface area contributed by atoms with E-state index in [0.29, 0.717) is 30.1 Å². The number of halogens is 3. The molecule has 1 fully saturated rings. The summed E-state index contributed by atoms with van der Waals surface area (Å²) in [6.07, 6.45) is 4.30. The Bertz CT molecular complexity index is 675. The van der Waals surface area contributed by atoms with E-state index in [1.165, 1.54) is 12.3 Å². The monoisotopic (exact) mass is 389 g/mol. The van der Waals surface area contributed by atoms with Crippen molar-refractivity contribution in [2.45, 2.75) is 31.7 Å². The van der Waals surface area contributed by atoms with Crippen molar-refractivity contribution in [3.05, 3.63) is 42.2 Å². The van der Waals surface area contributed by atoms with Gasteiger partial charge in [0.1, 0.15) is 5.82 Å². The summed E-state index contributed by atoms with van der Waals surface area (Å²) >= 11 is 0. The largest absolute Gasteiger partial charge is 0.441 e. The molecule has 3 rings (SSSR count). The normalized spacial score (nSPS) is 16.4. The number of hydrogen-bond donors (Lipinski definition) is 2. The van der Waals surface area contributed by atoms with Crippen LogP contribution >= 0.6 is 24.8 Å². The lowest BCUT2D eigenvalue weighted by molar-refractivity contribution is -0.121. The summed E-state index contributed by atoms with van der Waals surface area (Å²) in [6, 6.07) is 6.59. The van der Waals surface area contributed by atoms with Gasteiger partial charge in [0.05, 0.1) is 11.8 Å². The van der Waals surface area contributed by atoms with Crippen LogP contribution in [0.1, 0.15) is 25.2 Å². The number of piperidine rings is 1. The molecule has 5 nitrogen and oxygen atoms in total. The van der Waals surface area contributed by atoms with E-state index in [1.807, 2.05) is 0 Å². The van der Waals surface area contributed by atoms with Gasteiger partial charge in [-0.3, -0.25) is 4.79 Å². The summed E-state index contributed by atoms with van der Waals surface area (Å²) in [7, 11) is 0. The van der Waals surface area contributed by atoms with Gasteiger partial charge in [0.2, 0.25) is 5.91 Å². The van der Waals surface area contributed by atoms with Gasteiger partial charge >= 0.3 is 0 Å². The number of carbonyl (C=O) groups excluding carboxylic acids is 1. The maximum absolute atomic E-state index is 13.7. The fraction of sp³-hybridized carbons (Fsp3) is 0.412. The zero-order chi connectivity index (χ0) is 16.1. The Labute approximate surface area is 158 Å². The van der Waals surface area contributed by atoms with Crippen molar-refractivity contribution in [1.82, 2.24) is 15.6 Å². The standard InChI is InChI=1S/C17H20FN3O2.2ClH/c18-14-6-2-1-5-13(14)15-11-20-17(23-15)8-7-16(22)21-12-4-3-9-19-10-12;;/h1-2,5-6,11-12,19H,3-4,7-10H2,(H,21,22);2*1H. The number of nitrogens with one attached hydrogen (secondary N) is 2. The lowest BCUT2D eigenvalue weighted by Gasteiger charge is -2.23. The van der Waals surface area contributed by atoms with Crippen molar-refractivity contribution in [3.63, 3.8) is 0 Å². The summed E-state index contributed by atoms with van der Waals surface area (Å²) < 4.78 is 19.2. The minimum atomic E-state index is -0.349. The van der Waals surface area contributed by atoms with Gasteiger partial charge in [-0.1, -0.05) is 12.1 Å². The number of carbonyl (C=O) groups is 1. The molecule has 0 aliphatic carbocycles. The maximum atomic E-state index is 13.7. The molecule has 1 amide bonds. The molecule has 8 heteroatoms. The van der Waals surface area contributed by atoms with Crippen LogP contribution in [0.3, 0.4) is 0 Å². The molecule has 1 aliphatic heterocycles. The van der Waals surface area contributed by atoms with E-state index in [4.69, 9.17) is 4.42 Å². The number of nitrogens with zero attached hydrogens (tertiary/aromatic N) is 1. The summed E-state index contributed by atoms with van der Waals surface area (Å²) in [5.74, 6) is 0.470. The van der Waals surface area contributed by atoms with Gasteiger partial charge in [-0.25, -0.2) is 9.37 Å². The minimum absolute atomic E-state index is 0. The summed E-state index contributed by atoms with van der Waals surface area (Å²) in [5, 5.41) is 6.27. The van der Waals surface area contributed by atoms with Crippen LogP contribution in [0, 0.1) is 5.82 Å². The summed E-state index contributed by atoms with van der Waals surface area (Å²) in [5.41, 5.74) is 0.379. The first kappa shape index (κ1) is 21.4. The fourth-order valence-electron chi connectivity index (χ4n) is 2.71. The van der Waals surface area contributed by atoms with Crippen molar-refractivity contribution in [2.24, 2.45) is 0 Å². The Kier molecular flexibility index (Phi) is 8.89. The Morgan fingerprint density at radius 1 is 1.36 bits per heavy atom. The second-order valence-electron chi connectivity index (χ2n) is 5.71. The van der Waals surface area contributed by atoms with Crippen LogP contribution in [0.2, 0.25) is 0 Å². The number of oxazole rings is 1.